The van der Waals surface area contributed by atoms with Gasteiger partial charge in [-0.3, -0.25) is 9.59 Å². The normalized spacial score (nSPS) is 11.6. The Hall–Kier alpha value is -2.76. The van der Waals surface area contributed by atoms with Gasteiger partial charge in [0.2, 0.25) is 11.8 Å². The van der Waals surface area contributed by atoms with E-state index in [0.29, 0.717) is 48.0 Å². The lowest BCUT2D eigenvalue weighted by atomic mass is 10.1. The largest absolute Gasteiger partial charge is 0.870 e. The molecule has 49 heavy (non-hydrogen) atoms. The number of rotatable bonds is 30. The van der Waals surface area contributed by atoms with E-state index in [2.05, 4.69) is 36.6 Å². The van der Waals surface area contributed by atoms with Crippen molar-refractivity contribution in [2.75, 3.05) is 67.5 Å². The zero-order valence-electron chi connectivity index (χ0n) is 32.1. The van der Waals surface area contributed by atoms with Crippen LogP contribution in [0.3, 0.4) is 0 Å². The number of nitrogens with one attached hydrogen (secondary N) is 2. The van der Waals surface area contributed by atoms with Gasteiger partial charge >= 0.3 is 0 Å². The minimum absolute atomic E-state index is 0. The summed E-state index contributed by atoms with van der Waals surface area (Å²) >= 11 is 0. The summed E-state index contributed by atoms with van der Waals surface area (Å²) < 4.78 is 0.743. The number of carbonyl (C=O) groups is 4. The molecule has 288 valence electrons. The highest BCUT2D eigenvalue weighted by Gasteiger charge is 2.15. The molecule has 2 amide bonds. The van der Waals surface area contributed by atoms with Crippen LogP contribution in [0.2, 0.25) is 0 Å². The molecule has 0 aromatic heterocycles. The lowest BCUT2D eigenvalue weighted by molar-refractivity contribution is -0.884. The Labute approximate surface area is 299 Å². The van der Waals surface area contributed by atoms with Crippen molar-refractivity contribution in [2.24, 2.45) is 0 Å². The van der Waals surface area contributed by atoms with Crippen LogP contribution in [0.15, 0.2) is 24.3 Å². The first-order valence-electron chi connectivity index (χ1n) is 18.6. The van der Waals surface area contributed by atoms with Gasteiger partial charge in [0.05, 0.1) is 53.2 Å². The number of amides is 2. The molecule has 0 spiro atoms. The fourth-order valence-corrected chi connectivity index (χ4v) is 5.17. The molecule has 0 heterocycles. The van der Waals surface area contributed by atoms with Gasteiger partial charge in [0.1, 0.15) is 13.1 Å². The van der Waals surface area contributed by atoms with E-state index in [-0.39, 0.29) is 30.4 Å². The average molecular weight is 698 g/mol. The minimum Gasteiger partial charge on any atom is -0.870 e. The second-order valence-corrected chi connectivity index (χ2v) is 14.2. The quantitative estimate of drug-likeness (QED) is 0.0653. The smallest absolute Gasteiger partial charge is 0.223 e. The Balaban J connectivity index is -0.000000846. The monoisotopic (exact) mass is 698 g/mol. The summed E-state index contributed by atoms with van der Waals surface area (Å²) in [6.07, 6.45) is 28.0. The van der Waals surface area contributed by atoms with Crippen LogP contribution < -0.4 is 20.8 Å². The van der Waals surface area contributed by atoms with Crippen molar-refractivity contribution in [2.45, 2.75) is 129 Å². The van der Waals surface area contributed by atoms with Gasteiger partial charge in [0.25, 0.3) is 0 Å². The second-order valence-electron chi connectivity index (χ2n) is 14.2. The number of hydrogen-bond acceptors (Lipinski definition) is 7. The van der Waals surface area contributed by atoms with Gasteiger partial charge in [-0.05, 0) is 25.7 Å². The highest BCUT2D eigenvalue weighted by molar-refractivity contribution is 5.77. The van der Waals surface area contributed by atoms with Crippen LogP contribution in [0, 0.1) is 0 Å². The first kappa shape index (κ1) is 50.6. The maximum atomic E-state index is 11.7. The summed E-state index contributed by atoms with van der Waals surface area (Å²) in [6.45, 7) is 6.99. The molecule has 3 N–H and O–H groups in total. The van der Waals surface area contributed by atoms with E-state index < -0.39 is 11.9 Å². The van der Waals surface area contributed by atoms with Gasteiger partial charge in [-0.2, -0.15) is 0 Å². The van der Waals surface area contributed by atoms with Crippen molar-refractivity contribution in [3.05, 3.63) is 24.3 Å². The molecule has 0 radical (unpaired) electrons. The van der Waals surface area contributed by atoms with Crippen LogP contribution in [-0.2, 0) is 19.2 Å². The predicted octanol–water partition coefficient (Wildman–Crippen LogP) is 3.86. The van der Waals surface area contributed by atoms with Gasteiger partial charge in [-0.25, -0.2) is 0 Å². The molecule has 11 heteroatoms. The van der Waals surface area contributed by atoms with Crippen molar-refractivity contribution in [3.63, 3.8) is 0 Å². The first-order chi connectivity index (χ1) is 22.7. The first-order valence-corrected chi connectivity index (χ1v) is 18.6. The molecule has 0 aliphatic heterocycles. The lowest BCUT2D eigenvalue weighted by Crippen LogP contribution is -2.49. The number of aliphatic carboxylic acids is 2. The highest BCUT2D eigenvalue weighted by atomic mass is 16.4. The van der Waals surface area contributed by atoms with E-state index in [1.807, 2.05) is 40.3 Å². The number of likely N-dealkylation sites (N-methyl/N-ethyl adjacent to an activating group) is 2. The Morgan fingerprint density at radius 2 is 0.837 bits per heavy atom. The number of nitrogens with zero attached hydrogens (tertiary/aromatic N) is 2. The van der Waals surface area contributed by atoms with Gasteiger partial charge in [-0.1, -0.05) is 102 Å². The fourth-order valence-electron chi connectivity index (χ4n) is 5.17. The molecule has 0 saturated heterocycles. The van der Waals surface area contributed by atoms with Crippen molar-refractivity contribution in [1.82, 2.24) is 10.6 Å². The minimum atomic E-state index is -1.04. The summed E-state index contributed by atoms with van der Waals surface area (Å²) in [5, 5.41) is 27.0. The van der Waals surface area contributed by atoms with Crippen molar-refractivity contribution in [3.8, 4) is 0 Å². The van der Waals surface area contributed by atoms with Crippen molar-refractivity contribution >= 4 is 23.8 Å². The Morgan fingerprint density at radius 3 is 1.16 bits per heavy atom. The van der Waals surface area contributed by atoms with E-state index in [0.717, 1.165) is 25.7 Å². The predicted molar refractivity (Wildman–Crippen MR) is 194 cm³/mol. The van der Waals surface area contributed by atoms with Gasteiger partial charge in [0, 0.05) is 38.8 Å². The Morgan fingerprint density at radius 1 is 0.510 bits per heavy atom. The molecule has 0 aliphatic carbocycles. The summed E-state index contributed by atoms with van der Waals surface area (Å²) in [4.78, 5) is 44.6. The second kappa shape index (κ2) is 33.7. The Bertz CT molecular complexity index is 833. The lowest BCUT2D eigenvalue weighted by Gasteiger charge is -2.30. The number of carbonyl (C=O) groups excluding carboxylic acids is 4. The highest BCUT2D eigenvalue weighted by Crippen LogP contribution is 2.08. The summed E-state index contributed by atoms with van der Waals surface area (Å²) in [7, 11) is 7.40. The third-order valence-corrected chi connectivity index (χ3v) is 8.03. The van der Waals surface area contributed by atoms with Crippen LogP contribution in [-0.4, -0.2) is 106 Å². The average Bonchev–Trinajstić information content (AvgIpc) is 2.99. The molecule has 0 aliphatic rings. The number of carboxylic acids is 2. The van der Waals surface area contributed by atoms with Crippen LogP contribution in [0.25, 0.3) is 0 Å². The summed E-state index contributed by atoms with van der Waals surface area (Å²) in [6, 6.07) is 0. The molecule has 0 bridgehead atoms. The fraction of sp³-hybridized carbons (Fsp3) is 0.789. The van der Waals surface area contributed by atoms with E-state index in [9.17, 15) is 29.4 Å². The van der Waals surface area contributed by atoms with Gasteiger partial charge in [-0.15, -0.1) is 0 Å². The molecular weight excluding hydrogens is 624 g/mol. The topological polar surface area (TPSA) is 168 Å². The van der Waals surface area contributed by atoms with Crippen LogP contribution in [0.5, 0.6) is 0 Å². The summed E-state index contributed by atoms with van der Waals surface area (Å²) in [5.74, 6) is -2.03. The van der Waals surface area contributed by atoms with E-state index >= 15 is 0 Å². The molecule has 0 rings (SSSR count). The van der Waals surface area contributed by atoms with Gasteiger partial charge < -0.3 is 44.9 Å². The molecule has 0 aromatic rings. The zero-order chi connectivity index (χ0) is 36.5. The Kier molecular flexibility index (Phi) is 34.8. The number of allylic oxidation sites excluding steroid dienone is 2. The van der Waals surface area contributed by atoms with E-state index in [1.54, 1.807) is 0 Å². The number of hydrogen-bond donors (Lipinski definition) is 2. The van der Waals surface area contributed by atoms with E-state index in [1.165, 1.54) is 77.0 Å². The third-order valence-electron chi connectivity index (χ3n) is 8.03. The molecule has 0 atom stereocenters. The van der Waals surface area contributed by atoms with Crippen LogP contribution >= 0.6 is 0 Å². The third kappa shape index (κ3) is 41.3. The molecule has 0 saturated carbocycles. The maximum Gasteiger partial charge on any atom is 0.223 e. The molecule has 0 unspecified atom stereocenters. The molecular formula is C38H73N4O7-. The van der Waals surface area contributed by atoms with Crippen LogP contribution in [0.4, 0.5) is 0 Å². The van der Waals surface area contributed by atoms with Gasteiger partial charge in [0.15, 0.2) is 0 Å². The van der Waals surface area contributed by atoms with Crippen molar-refractivity contribution < 1.29 is 43.8 Å². The zero-order valence-corrected chi connectivity index (χ0v) is 32.1. The molecule has 11 nitrogen and oxygen atoms in total. The van der Waals surface area contributed by atoms with Crippen molar-refractivity contribution in [1.29, 1.82) is 0 Å². The SMILES string of the molecule is CCCCCCCC/C=C\CC(=O)NCCC[N+](C)(C)CC(=O)[O-].CCCCCCCC/C=C\CC(=O)NCCC[N+](C)(C)CC(=O)[O-].[OH-]. The molecule has 0 aromatic carbocycles. The molecule has 0 fully saturated rings. The number of unbranched alkanes of at least 4 members (excludes halogenated alkanes) is 12. The number of quaternary nitrogens is 2. The number of carboxylic acid groups (broad SMARTS) is 2. The standard InChI is InChI=1S/2C19H36N2O3.H2O/c2*1-4-5-6-7-8-9-10-11-12-14-18(22)20-15-13-16-21(2,3)17-19(23)24;/h2*11-12H,4-10,13-17H2,1-3H3,(H-,20,22,23,24);1H2/p-1/b2*12-11-;. The van der Waals surface area contributed by atoms with E-state index in [4.69, 9.17) is 0 Å². The van der Waals surface area contributed by atoms with Crippen LogP contribution in [0.1, 0.15) is 129 Å². The maximum absolute atomic E-state index is 11.7. The summed E-state index contributed by atoms with van der Waals surface area (Å²) in [5.41, 5.74) is 0.